The van der Waals surface area contributed by atoms with Crippen LogP contribution < -0.4 is 10.6 Å². The fourth-order valence-electron chi connectivity index (χ4n) is 2.05. The van der Waals surface area contributed by atoms with E-state index in [1.165, 1.54) is 0 Å². The van der Waals surface area contributed by atoms with E-state index in [-0.39, 0.29) is 11.9 Å². The molecule has 6 heteroatoms. The third-order valence-electron chi connectivity index (χ3n) is 3.13. The highest BCUT2D eigenvalue weighted by molar-refractivity contribution is 7.99. The highest BCUT2D eigenvalue weighted by atomic mass is 32.2. The molecule has 0 saturated carbocycles. The molecule has 3 N–H and O–H groups in total. The first-order valence-corrected chi connectivity index (χ1v) is 7.21. The Morgan fingerprint density at radius 1 is 1.65 bits per heavy atom. The van der Waals surface area contributed by atoms with Crippen LogP contribution in [0.3, 0.4) is 0 Å². The third-order valence-corrected chi connectivity index (χ3v) is 4.26. The summed E-state index contributed by atoms with van der Waals surface area (Å²) in [7, 11) is 0. The van der Waals surface area contributed by atoms with Gasteiger partial charge >= 0.3 is 0 Å². The van der Waals surface area contributed by atoms with Crippen molar-refractivity contribution in [2.45, 2.75) is 24.5 Å². The van der Waals surface area contributed by atoms with Crippen molar-refractivity contribution in [2.24, 2.45) is 0 Å². The Kier molecular flexibility index (Phi) is 4.67. The van der Waals surface area contributed by atoms with Crippen molar-refractivity contribution in [3.63, 3.8) is 0 Å². The van der Waals surface area contributed by atoms with E-state index in [0.29, 0.717) is 32.6 Å². The van der Waals surface area contributed by atoms with Gasteiger partial charge in [0, 0.05) is 50.1 Å². The molecular formula is C11H20N2O3S. The van der Waals surface area contributed by atoms with E-state index in [2.05, 4.69) is 10.6 Å². The first-order chi connectivity index (χ1) is 8.18. The number of nitrogens with one attached hydrogen (secondary N) is 2. The van der Waals surface area contributed by atoms with E-state index < -0.39 is 5.60 Å². The number of amides is 1. The lowest BCUT2D eigenvalue weighted by Crippen LogP contribution is -2.46. The van der Waals surface area contributed by atoms with Gasteiger partial charge < -0.3 is 20.5 Å². The van der Waals surface area contributed by atoms with Crippen LogP contribution in [0.1, 0.15) is 12.8 Å². The average Bonchev–Trinajstić information content (AvgIpc) is 2.76. The summed E-state index contributed by atoms with van der Waals surface area (Å²) in [5.41, 5.74) is -0.857. The molecule has 2 fully saturated rings. The summed E-state index contributed by atoms with van der Waals surface area (Å²) in [5.74, 6) is 2.11. The number of ether oxygens (including phenoxy) is 1. The van der Waals surface area contributed by atoms with Gasteiger partial charge in [0.2, 0.25) is 5.91 Å². The van der Waals surface area contributed by atoms with Gasteiger partial charge in [-0.05, 0) is 0 Å². The van der Waals surface area contributed by atoms with Gasteiger partial charge in [0.1, 0.15) is 5.60 Å². The first-order valence-electron chi connectivity index (χ1n) is 6.06. The molecule has 2 aliphatic rings. The lowest BCUT2D eigenvalue weighted by Gasteiger charge is -2.24. The largest absolute Gasteiger partial charge is 0.386 e. The predicted octanol–water partition coefficient (Wildman–Crippen LogP) is -0.651. The van der Waals surface area contributed by atoms with E-state index in [1.54, 1.807) is 0 Å². The molecule has 2 atom stereocenters. The summed E-state index contributed by atoms with van der Waals surface area (Å²) in [6.45, 7) is 2.17. The topological polar surface area (TPSA) is 70.6 Å². The standard InChI is InChI=1S/C11H20N2O3S/c14-10(5-9-6-17-4-2-12-9)13-7-11(15)1-3-16-8-11/h9,12,15H,1-8H2,(H,13,14). The fraction of sp³-hybridized carbons (Fsp3) is 0.909. The number of carbonyl (C=O) groups is 1. The molecule has 0 bridgehead atoms. The maximum absolute atomic E-state index is 11.7. The molecule has 2 unspecified atom stereocenters. The van der Waals surface area contributed by atoms with Crippen molar-refractivity contribution >= 4 is 17.7 Å². The second kappa shape index (κ2) is 6.04. The second-order valence-electron chi connectivity index (χ2n) is 4.73. The number of rotatable bonds is 4. The van der Waals surface area contributed by atoms with Gasteiger partial charge in [0.15, 0.2) is 0 Å². The minimum absolute atomic E-state index is 0.00493. The minimum atomic E-state index is -0.857. The lowest BCUT2D eigenvalue weighted by molar-refractivity contribution is -0.122. The van der Waals surface area contributed by atoms with Crippen LogP contribution in [0.2, 0.25) is 0 Å². The second-order valence-corrected chi connectivity index (χ2v) is 5.88. The van der Waals surface area contributed by atoms with Gasteiger partial charge in [-0.3, -0.25) is 4.79 Å². The third kappa shape index (κ3) is 4.13. The molecule has 98 valence electrons. The van der Waals surface area contributed by atoms with E-state index in [9.17, 15) is 9.90 Å². The number of carbonyl (C=O) groups excluding carboxylic acids is 1. The molecule has 0 aliphatic carbocycles. The highest BCUT2D eigenvalue weighted by Crippen LogP contribution is 2.17. The van der Waals surface area contributed by atoms with Crippen LogP contribution in [-0.2, 0) is 9.53 Å². The maximum atomic E-state index is 11.7. The van der Waals surface area contributed by atoms with E-state index in [1.807, 2.05) is 11.8 Å². The summed E-state index contributed by atoms with van der Waals surface area (Å²) in [4.78, 5) is 11.7. The molecule has 0 radical (unpaired) electrons. The Hall–Kier alpha value is -0.300. The van der Waals surface area contributed by atoms with Crippen molar-refractivity contribution in [2.75, 3.05) is 37.8 Å². The van der Waals surface area contributed by atoms with Gasteiger partial charge in [-0.2, -0.15) is 11.8 Å². The smallest absolute Gasteiger partial charge is 0.221 e. The average molecular weight is 260 g/mol. The van der Waals surface area contributed by atoms with Crippen molar-refractivity contribution < 1.29 is 14.6 Å². The van der Waals surface area contributed by atoms with E-state index >= 15 is 0 Å². The molecule has 5 nitrogen and oxygen atoms in total. The predicted molar refractivity (Wildman–Crippen MR) is 67.1 cm³/mol. The fourth-order valence-corrected chi connectivity index (χ4v) is 2.99. The van der Waals surface area contributed by atoms with Crippen LogP contribution in [0.4, 0.5) is 0 Å². The number of hydrogen-bond acceptors (Lipinski definition) is 5. The van der Waals surface area contributed by atoms with E-state index in [4.69, 9.17) is 4.74 Å². The summed E-state index contributed by atoms with van der Waals surface area (Å²) < 4.78 is 5.13. The van der Waals surface area contributed by atoms with Crippen LogP contribution >= 0.6 is 11.8 Å². The van der Waals surface area contributed by atoms with Gasteiger partial charge in [0.25, 0.3) is 0 Å². The highest BCUT2D eigenvalue weighted by Gasteiger charge is 2.32. The Labute approximate surface area is 106 Å². The molecular weight excluding hydrogens is 240 g/mol. The quantitative estimate of drug-likeness (QED) is 0.626. The van der Waals surface area contributed by atoms with Crippen molar-refractivity contribution in [1.82, 2.24) is 10.6 Å². The van der Waals surface area contributed by atoms with Crippen LogP contribution in [-0.4, -0.2) is 60.5 Å². The zero-order chi connectivity index (χ0) is 12.1. The van der Waals surface area contributed by atoms with Crippen LogP contribution in [0.15, 0.2) is 0 Å². The lowest BCUT2D eigenvalue weighted by atomic mass is 10.0. The SMILES string of the molecule is O=C(CC1CSCCN1)NCC1(O)CCOC1. The molecule has 2 saturated heterocycles. The molecule has 2 aliphatic heterocycles. The van der Waals surface area contributed by atoms with Gasteiger partial charge in [-0.15, -0.1) is 0 Å². The Morgan fingerprint density at radius 2 is 2.53 bits per heavy atom. The molecule has 2 heterocycles. The van der Waals surface area contributed by atoms with E-state index in [0.717, 1.165) is 18.1 Å². The normalized spacial score (nSPS) is 33.6. The molecule has 0 spiro atoms. The van der Waals surface area contributed by atoms with Crippen molar-refractivity contribution in [3.05, 3.63) is 0 Å². The number of hydrogen-bond donors (Lipinski definition) is 3. The van der Waals surface area contributed by atoms with Crippen molar-refractivity contribution in [1.29, 1.82) is 0 Å². The first kappa shape index (κ1) is 13.1. The van der Waals surface area contributed by atoms with Crippen molar-refractivity contribution in [3.8, 4) is 0 Å². The van der Waals surface area contributed by atoms with Crippen LogP contribution in [0.25, 0.3) is 0 Å². The monoisotopic (exact) mass is 260 g/mol. The Balaban J connectivity index is 1.66. The summed E-state index contributed by atoms with van der Waals surface area (Å²) in [6, 6.07) is 0.267. The molecule has 1 amide bonds. The minimum Gasteiger partial charge on any atom is -0.386 e. The zero-order valence-corrected chi connectivity index (χ0v) is 10.7. The Bertz CT molecular complexity index is 263. The maximum Gasteiger partial charge on any atom is 0.221 e. The van der Waals surface area contributed by atoms with Crippen LogP contribution in [0, 0.1) is 0 Å². The molecule has 2 rings (SSSR count). The molecule has 0 aromatic carbocycles. The van der Waals surface area contributed by atoms with Gasteiger partial charge in [-0.25, -0.2) is 0 Å². The van der Waals surface area contributed by atoms with Gasteiger partial charge in [0.05, 0.1) is 6.61 Å². The summed E-state index contributed by atoms with van der Waals surface area (Å²) >= 11 is 1.88. The zero-order valence-electron chi connectivity index (χ0n) is 9.91. The molecule has 0 aromatic rings. The molecule has 0 aromatic heterocycles. The van der Waals surface area contributed by atoms with Gasteiger partial charge in [-0.1, -0.05) is 0 Å². The van der Waals surface area contributed by atoms with Crippen LogP contribution in [0.5, 0.6) is 0 Å². The molecule has 17 heavy (non-hydrogen) atoms. The summed E-state index contributed by atoms with van der Waals surface area (Å²) in [5, 5.41) is 16.1. The number of aliphatic hydroxyl groups is 1. The Morgan fingerprint density at radius 3 is 3.18 bits per heavy atom. The summed E-state index contributed by atoms with van der Waals surface area (Å²) in [6.07, 6.45) is 1.09. The number of thioether (sulfide) groups is 1.